The zero-order valence-corrected chi connectivity index (χ0v) is 14.8. The minimum atomic E-state index is -0.653. The van der Waals surface area contributed by atoms with Crippen molar-refractivity contribution in [2.24, 2.45) is 0 Å². The van der Waals surface area contributed by atoms with Gasteiger partial charge in [0.15, 0.2) is 11.5 Å². The number of hydrogen-bond acceptors (Lipinski definition) is 4. The Kier molecular flexibility index (Phi) is 5.07. The van der Waals surface area contributed by atoms with E-state index in [4.69, 9.17) is 4.74 Å². The third kappa shape index (κ3) is 3.20. The van der Waals surface area contributed by atoms with Crippen LogP contribution in [-0.4, -0.2) is 35.4 Å². The molecule has 1 unspecified atom stereocenters. The smallest absolute Gasteiger partial charge is 0.290 e. The highest BCUT2D eigenvalue weighted by molar-refractivity contribution is 6.08. The molecule has 0 saturated carbocycles. The van der Waals surface area contributed by atoms with Crippen LogP contribution in [0, 0.1) is 0 Å². The van der Waals surface area contributed by atoms with Crippen molar-refractivity contribution < 1.29 is 19.4 Å². The van der Waals surface area contributed by atoms with Gasteiger partial charge in [-0.25, -0.2) is 0 Å². The van der Waals surface area contributed by atoms with E-state index in [9.17, 15) is 14.7 Å². The van der Waals surface area contributed by atoms with Gasteiger partial charge in [0, 0.05) is 12.1 Å². The Balaban J connectivity index is 1.99. The number of nitrogens with zero attached hydrogens (tertiary/aromatic N) is 1. The van der Waals surface area contributed by atoms with E-state index >= 15 is 0 Å². The summed E-state index contributed by atoms with van der Waals surface area (Å²) < 4.78 is 5.41. The molecule has 26 heavy (non-hydrogen) atoms. The number of ketones is 1. The van der Waals surface area contributed by atoms with Crippen LogP contribution in [0.25, 0.3) is 0 Å². The van der Waals surface area contributed by atoms with Gasteiger partial charge in [-0.3, -0.25) is 9.59 Å². The summed E-state index contributed by atoms with van der Waals surface area (Å²) in [5.41, 5.74) is 1.88. The number of hydrogen-bond donors (Lipinski definition) is 1. The Hall–Kier alpha value is -3.08. The molecule has 0 spiro atoms. The summed E-state index contributed by atoms with van der Waals surface area (Å²) >= 11 is 0. The van der Waals surface area contributed by atoms with Gasteiger partial charge in [0.2, 0.25) is 0 Å². The van der Waals surface area contributed by atoms with E-state index in [0.717, 1.165) is 5.56 Å². The first-order chi connectivity index (χ1) is 12.5. The molecule has 1 amide bonds. The van der Waals surface area contributed by atoms with Gasteiger partial charge in [0.1, 0.15) is 5.75 Å². The summed E-state index contributed by atoms with van der Waals surface area (Å²) in [6, 6.07) is 16.4. The largest absolute Gasteiger partial charge is 0.503 e. The number of ether oxygens (including phenoxy) is 1. The molecule has 2 aromatic carbocycles. The lowest BCUT2D eigenvalue weighted by Gasteiger charge is -2.27. The van der Waals surface area contributed by atoms with Gasteiger partial charge >= 0.3 is 0 Å². The molecule has 1 heterocycles. The summed E-state index contributed by atoms with van der Waals surface area (Å²) in [5, 5.41) is 10.3. The number of Topliss-reactive ketones (excluding diaryl/α,β-unsaturated/α-hetero) is 1. The second kappa shape index (κ2) is 7.44. The molecule has 1 N–H and O–H groups in total. The lowest BCUT2D eigenvalue weighted by atomic mass is 9.95. The average Bonchev–Trinajstić information content (AvgIpc) is 2.91. The summed E-state index contributed by atoms with van der Waals surface area (Å²) in [5.74, 6) is -0.749. The third-order valence-electron chi connectivity index (χ3n) is 4.60. The van der Waals surface area contributed by atoms with Crippen LogP contribution in [-0.2, 0) is 16.0 Å². The van der Waals surface area contributed by atoms with Gasteiger partial charge in [0.05, 0.1) is 18.7 Å². The Morgan fingerprint density at radius 1 is 1.12 bits per heavy atom. The number of benzene rings is 2. The maximum Gasteiger partial charge on any atom is 0.290 e. The minimum absolute atomic E-state index is 0.118. The molecule has 0 radical (unpaired) electrons. The van der Waals surface area contributed by atoms with Crippen LogP contribution in [0.1, 0.15) is 24.1 Å². The molecular formula is C21H21NO4. The molecule has 0 aromatic heterocycles. The predicted molar refractivity (Wildman–Crippen MR) is 97.9 cm³/mol. The highest BCUT2D eigenvalue weighted by Crippen LogP contribution is 2.41. The van der Waals surface area contributed by atoms with Crippen LogP contribution >= 0.6 is 0 Å². The molecule has 2 aromatic rings. The SMILES string of the molecule is COc1ccccc1C1C(C(C)=O)=C(O)C(=O)N1CCc1ccccc1. The molecule has 5 heteroatoms. The number of aliphatic hydroxyl groups is 1. The van der Waals surface area contributed by atoms with Crippen LogP contribution < -0.4 is 4.74 Å². The standard InChI is InChI=1S/C21H21NO4/c1-14(23)18-19(16-10-6-7-11-17(16)26-2)22(21(25)20(18)24)13-12-15-8-4-3-5-9-15/h3-11,19,24H,12-13H2,1-2H3. The van der Waals surface area contributed by atoms with Gasteiger partial charge in [0.25, 0.3) is 5.91 Å². The van der Waals surface area contributed by atoms with Crippen molar-refractivity contribution in [3.63, 3.8) is 0 Å². The van der Waals surface area contributed by atoms with E-state index in [0.29, 0.717) is 24.3 Å². The van der Waals surface area contributed by atoms with Crippen LogP contribution in [0.4, 0.5) is 0 Å². The van der Waals surface area contributed by atoms with Crippen molar-refractivity contribution in [2.45, 2.75) is 19.4 Å². The number of para-hydroxylation sites is 1. The number of amides is 1. The van der Waals surface area contributed by atoms with Gasteiger partial charge in [-0.2, -0.15) is 0 Å². The first kappa shape index (κ1) is 17.7. The Morgan fingerprint density at radius 2 is 1.77 bits per heavy atom. The van der Waals surface area contributed by atoms with Gasteiger partial charge in [-0.05, 0) is 25.0 Å². The van der Waals surface area contributed by atoms with Crippen molar-refractivity contribution in [2.75, 3.05) is 13.7 Å². The summed E-state index contributed by atoms with van der Waals surface area (Å²) in [4.78, 5) is 26.4. The van der Waals surface area contributed by atoms with Crippen LogP contribution in [0.15, 0.2) is 65.9 Å². The molecule has 1 aliphatic heterocycles. The monoisotopic (exact) mass is 351 g/mol. The molecule has 1 aliphatic rings. The Labute approximate surface area is 152 Å². The molecule has 3 rings (SSSR count). The first-order valence-corrected chi connectivity index (χ1v) is 8.46. The summed E-state index contributed by atoms with van der Waals surface area (Å²) in [6.45, 7) is 1.74. The van der Waals surface area contributed by atoms with E-state index in [1.165, 1.54) is 11.8 Å². The van der Waals surface area contributed by atoms with Gasteiger partial charge < -0.3 is 14.7 Å². The fraction of sp³-hybridized carbons (Fsp3) is 0.238. The maximum absolute atomic E-state index is 12.6. The molecule has 0 aliphatic carbocycles. The van der Waals surface area contributed by atoms with Crippen LogP contribution in [0.2, 0.25) is 0 Å². The molecule has 1 atom stereocenters. The number of methoxy groups -OCH3 is 1. The lowest BCUT2D eigenvalue weighted by molar-refractivity contribution is -0.129. The van der Waals surface area contributed by atoms with E-state index in [2.05, 4.69) is 0 Å². The zero-order valence-electron chi connectivity index (χ0n) is 14.8. The number of rotatable bonds is 6. The van der Waals surface area contributed by atoms with E-state index < -0.39 is 17.7 Å². The zero-order chi connectivity index (χ0) is 18.7. The quantitative estimate of drug-likeness (QED) is 0.868. The number of carbonyl (C=O) groups excluding carboxylic acids is 2. The molecule has 0 bridgehead atoms. The molecule has 5 nitrogen and oxygen atoms in total. The fourth-order valence-corrected chi connectivity index (χ4v) is 3.35. The van der Waals surface area contributed by atoms with E-state index in [1.807, 2.05) is 48.5 Å². The van der Waals surface area contributed by atoms with Gasteiger partial charge in [-0.15, -0.1) is 0 Å². The van der Waals surface area contributed by atoms with Crippen molar-refractivity contribution >= 4 is 11.7 Å². The summed E-state index contributed by atoms with van der Waals surface area (Å²) in [7, 11) is 1.54. The second-order valence-corrected chi connectivity index (χ2v) is 6.20. The highest BCUT2D eigenvalue weighted by atomic mass is 16.5. The van der Waals surface area contributed by atoms with Gasteiger partial charge in [-0.1, -0.05) is 48.5 Å². The maximum atomic E-state index is 12.6. The van der Waals surface area contributed by atoms with Crippen LogP contribution in [0.3, 0.4) is 0 Å². The third-order valence-corrected chi connectivity index (χ3v) is 4.60. The summed E-state index contributed by atoms with van der Waals surface area (Å²) in [6.07, 6.45) is 0.622. The average molecular weight is 351 g/mol. The molecule has 0 fully saturated rings. The topological polar surface area (TPSA) is 66.8 Å². The predicted octanol–water partition coefficient (Wildman–Crippen LogP) is 3.22. The van der Waals surface area contributed by atoms with Crippen molar-refractivity contribution in [3.8, 4) is 5.75 Å². The highest BCUT2D eigenvalue weighted by Gasteiger charge is 2.43. The van der Waals surface area contributed by atoms with Crippen molar-refractivity contribution in [1.29, 1.82) is 0 Å². The first-order valence-electron chi connectivity index (χ1n) is 8.46. The van der Waals surface area contributed by atoms with Crippen molar-refractivity contribution in [1.82, 2.24) is 4.90 Å². The van der Waals surface area contributed by atoms with E-state index in [-0.39, 0.29) is 11.4 Å². The Bertz CT molecular complexity index is 857. The fourth-order valence-electron chi connectivity index (χ4n) is 3.35. The normalized spacial score (nSPS) is 16.9. The number of carbonyl (C=O) groups is 2. The minimum Gasteiger partial charge on any atom is -0.503 e. The second-order valence-electron chi connectivity index (χ2n) is 6.20. The lowest BCUT2D eigenvalue weighted by Crippen LogP contribution is -2.33. The number of aliphatic hydroxyl groups excluding tert-OH is 1. The Morgan fingerprint density at radius 3 is 2.42 bits per heavy atom. The molecule has 0 saturated heterocycles. The molecular weight excluding hydrogens is 330 g/mol. The van der Waals surface area contributed by atoms with Crippen molar-refractivity contribution in [3.05, 3.63) is 77.1 Å². The molecule has 134 valence electrons. The van der Waals surface area contributed by atoms with E-state index in [1.54, 1.807) is 13.2 Å². The van der Waals surface area contributed by atoms with Crippen LogP contribution in [0.5, 0.6) is 5.75 Å².